The molecule has 0 aliphatic carbocycles. The van der Waals surface area contributed by atoms with Gasteiger partial charge in [-0.2, -0.15) is 8.42 Å². The molecular weight excluding hydrogens is 348 g/mol. The fraction of sp³-hybridized carbons (Fsp3) is 1.00. The van der Waals surface area contributed by atoms with Gasteiger partial charge >= 0.3 is 10.4 Å². The van der Waals surface area contributed by atoms with E-state index in [0.29, 0.717) is 0 Å². The van der Waals surface area contributed by atoms with E-state index in [9.17, 15) is 8.42 Å². The zero-order valence-electron chi connectivity index (χ0n) is 17.4. The van der Waals surface area contributed by atoms with E-state index in [0.717, 1.165) is 25.7 Å². The first kappa shape index (κ1) is 25.9. The SMILES string of the molecule is CCCCCCCCCCCCCC(CCCCCC)COS(=O)(=O)O. The van der Waals surface area contributed by atoms with Gasteiger partial charge < -0.3 is 0 Å². The maximum atomic E-state index is 10.8. The second-order valence-electron chi connectivity index (χ2n) is 7.75. The molecule has 0 saturated heterocycles. The summed E-state index contributed by atoms with van der Waals surface area (Å²) in [5.41, 5.74) is 0. The lowest BCUT2D eigenvalue weighted by molar-refractivity contribution is 0.204. The molecule has 0 fully saturated rings. The summed E-state index contributed by atoms with van der Waals surface area (Å²) in [6.07, 6.45) is 21.2. The quantitative estimate of drug-likeness (QED) is 0.177. The third-order valence-corrected chi connectivity index (χ3v) is 5.57. The molecule has 0 aliphatic heterocycles. The molecule has 0 aromatic rings. The van der Waals surface area contributed by atoms with Gasteiger partial charge in [0.15, 0.2) is 0 Å². The predicted molar refractivity (Wildman–Crippen MR) is 111 cm³/mol. The summed E-state index contributed by atoms with van der Waals surface area (Å²) in [5.74, 6) is 0.243. The second kappa shape index (κ2) is 18.2. The van der Waals surface area contributed by atoms with Crippen molar-refractivity contribution in [2.45, 2.75) is 123 Å². The van der Waals surface area contributed by atoms with Crippen LogP contribution in [0.5, 0.6) is 0 Å². The van der Waals surface area contributed by atoms with Crippen molar-refractivity contribution in [3.63, 3.8) is 0 Å². The van der Waals surface area contributed by atoms with Gasteiger partial charge in [0.1, 0.15) is 0 Å². The Morgan fingerprint density at radius 1 is 0.654 bits per heavy atom. The molecule has 0 spiro atoms. The molecule has 1 unspecified atom stereocenters. The molecule has 1 atom stereocenters. The molecule has 0 bridgehead atoms. The zero-order valence-corrected chi connectivity index (χ0v) is 18.2. The van der Waals surface area contributed by atoms with Gasteiger partial charge in [-0.15, -0.1) is 0 Å². The molecule has 0 aromatic heterocycles. The third-order valence-electron chi connectivity index (χ3n) is 5.13. The van der Waals surface area contributed by atoms with Crippen molar-refractivity contribution < 1.29 is 17.2 Å². The zero-order chi connectivity index (χ0) is 19.5. The first-order chi connectivity index (χ1) is 12.5. The molecule has 0 rings (SSSR count). The van der Waals surface area contributed by atoms with Crippen LogP contribution < -0.4 is 0 Å². The minimum Gasteiger partial charge on any atom is -0.264 e. The Morgan fingerprint density at radius 2 is 1.00 bits per heavy atom. The predicted octanol–water partition coefficient (Wildman–Crippen LogP) is 7.09. The topological polar surface area (TPSA) is 63.6 Å². The molecule has 0 radical (unpaired) electrons. The molecule has 0 saturated carbocycles. The summed E-state index contributed by atoms with van der Waals surface area (Å²) in [5, 5.41) is 0. The number of rotatable bonds is 20. The maximum absolute atomic E-state index is 10.8. The highest BCUT2D eigenvalue weighted by Crippen LogP contribution is 2.20. The van der Waals surface area contributed by atoms with E-state index < -0.39 is 10.4 Å². The summed E-state index contributed by atoms with van der Waals surface area (Å²) in [7, 11) is -4.31. The van der Waals surface area contributed by atoms with Gasteiger partial charge in [0.2, 0.25) is 0 Å². The molecule has 0 heterocycles. The van der Waals surface area contributed by atoms with Crippen molar-refractivity contribution in [2.75, 3.05) is 6.61 Å². The number of hydrogen-bond donors (Lipinski definition) is 1. The average molecular weight is 393 g/mol. The van der Waals surface area contributed by atoms with Gasteiger partial charge in [-0.25, -0.2) is 4.18 Å². The summed E-state index contributed by atoms with van der Waals surface area (Å²) in [6.45, 7) is 4.57. The summed E-state index contributed by atoms with van der Waals surface area (Å²) < 4.78 is 35.0. The molecule has 26 heavy (non-hydrogen) atoms. The van der Waals surface area contributed by atoms with Crippen molar-refractivity contribution in [3.8, 4) is 0 Å². The van der Waals surface area contributed by atoms with E-state index in [1.807, 2.05) is 0 Å². The van der Waals surface area contributed by atoms with Crippen LogP contribution >= 0.6 is 0 Å². The van der Waals surface area contributed by atoms with Gasteiger partial charge in [0.05, 0.1) is 6.61 Å². The Morgan fingerprint density at radius 3 is 1.38 bits per heavy atom. The monoisotopic (exact) mass is 392 g/mol. The normalized spacial score (nSPS) is 13.2. The highest BCUT2D eigenvalue weighted by Gasteiger charge is 2.13. The van der Waals surface area contributed by atoms with Gasteiger partial charge in [-0.05, 0) is 18.8 Å². The highest BCUT2D eigenvalue weighted by atomic mass is 32.3. The minimum atomic E-state index is -4.31. The summed E-state index contributed by atoms with van der Waals surface area (Å²) in [4.78, 5) is 0. The standard InChI is InChI=1S/C21H44O4S/c1-3-5-7-9-10-11-12-13-14-15-17-19-21(18-16-8-6-4-2)20-25-26(22,23)24/h21H,3-20H2,1-2H3,(H,22,23,24). The minimum absolute atomic E-state index is 0.128. The van der Waals surface area contributed by atoms with E-state index in [1.165, 1.54) is 83.5 Å². The smallest absolute Gasteiger partial charge is 0.264 e. The van der Waals surface area contributed by atoms with Gasteiger partial charge in [0, 0.05) is 0 Å². The number of hydrogen-bond acceptors (Lipinski definition) is 3. The molecule has 0 aliphatic rings. The first-order valence-electron chi connectivity index (χ1n) is 11.1. The summed E-state index contributed by atoms with van der Waals surface area (Å²) in [6, 6.07) is 0. The van der Waals surface area contributed by atoms with E-state index in [-0.39, 0.29) is 12.5 Å². The van der Waals surface area contributed by atoms with Gasteiger partial charge in [-0.3, -0.25) is 4.55 Å². The van der Waals surface area contributed by atoms with E-state index in [2.05, 4.69) is 18.0 Å². The van der Waals surface area contributed by atoms with Crippen LogP contribution in [0, 0.1) is 5.92 Å². The van der Waals surface area contributed by atoms with Crippen molar-refractivity contribution in [1.29, 1.82) is 0 Å². The van der Waals surface area contributed by atoms with Crippen molar-refractivity contribution >= 4 is 10.4 Å². The van der Waals surface area contributed by atoms with Crippen molar-refractivity contribution in [1.82, 2.24) is 0 Å². The fourth-order valence-electron chi connectivity index (χ4n) is 3.45. The molecule has 158 valence electrons. The largest absolute Gasteiger partial charge is 0.397 e. The van der Waals surface area contributed by atoms with E-state index in [4.69, 9.17) is 4.55 Å². The molecule has 4 nitrogen and oxygen atoms in total. The van der Waals surface area contributed by atoms with E-state index >= 15 is 0 Å². The van der Waals surface area contributed by atoms with Crippen molar-refractivity contribution in [3.05, 3.63) is 0 Å². The van der Waals surface area contributed by atoms with Crippen LogP contribution in [0.3, 0.4) is 0 Å². The Balaban J connectivity index is 3.70. The van der Waals surface area contributed by atoms with Crippen molar-refractivity contribution in [2.24, 2.45) is 5.92 Å². The van der Waals surface area contributed by atoms with Crippen LogP contribution in [0.2, 0.25) is 0 Å². The lowest BCUT2D eigenvalue weighted by Gasteiger charge is -2.16. The Labute approximate surface area is 163 Å². The highest BCUT2D eigenvalue weighted by molar-refractivity contribution is 7.80. The van der Waals surface area contributed by atoms with E-state index in [1.54, 1.807) is 0 Å². The maximum Gasteiger partial charge on any atom is 0.397 e. The molecule has 5 heteroatoms. The molecular formula is C21H44O4S. The molecule has 0 aromatic carbocycles. The average Bonchev–Trinajstić information content (AvgIpc) is 2.59. The molecule has 0 amide bonds. The number of unbranched alkanes of at least 4 members (excludes halogenated alkanes) is 13. The Hall–Kier alpha value is -0.130. The van der Waals surface area contributed by atoms with Gasteiger partial charge in [-0.1, -0.05) is 110 Å². The lowest BCUT2D eigenvalue weighted by Crippen LogP contribution is -2.14. The van der Waals surface area contributed by atoms with Crippen LogP contribution in [0.1, 0.15) is 123 Å². The van der Waals surface area contributed by atoms with Crippen LogP contribution in [0.15, 0.2) is 0 Å². The van der Waals surface area contributed by atoms with Crippen LogP contribution in [0.25, 0.3) is 0 Å². The fourth-order valence-corrected chi connectivity index (χ4v) is 3.81. The second-order valence-corrected chi connectivity index (χ2v) is 8.84. The molecule has 1 N–H and O–H groups in total. The van der Waals surface area contributed by atoms with Crippen LogP contribution in [-0.2, 0) is 14.6 Å². The van der Waals surface area contributed by atoms with Gasteiger partial charge in [0.25, 0.3) is 0 Å². The van der Waals surface area contributed by atoms with Crippen LogP contribution in [0.4, 0.5) is 0 Å². The van der Waals surface area contributed by atoms with Crippen LogP contribution in [-0.4, -0.2) is 19.6 Å². The lowest BCUT2D eigenvalue weighted by atomic mass is 9.95. The Kier molecular flexibility index (Phi) is 18.2. The Bertz CT molecular complexity index is 381. The third kappa shape index (κ3) is 20.2. The first-order valence-corrected chi connectivity index (χ1v) is 12.5. The summed E-state index contributed by atoms with van der Waals surface area (Å²) >= 11 is 0.